The van der Waals surface area contributed by atoms with Gasteiger partial charge in [-0.05, 0) is 37.5 Å². The fraction of sp³-hybridized carbons (Fsp3) is 0.875. The zero-order valence-corrected chi connectivity index (χ0v) is 24.2. The van der Waals surface area contributed by atoms with Crippen molar-refractivity contribution < 1.29 is 19.1 Å². The molecule has 0 bridgehead atoms. The largest absolute Gasteiger partial charge is 0.465 e. The molecule has 0 N–H and O–H groups in total. The van der Waals surface area contributed by atoms with Crippen LogP contribution < -0.4 is 0 Å². The van der Waals surface area contributed by atoms with E-state index in [9.17, 15) is 9.59 Å². The highest BCUT2D eigenvalue weighted by molar-refractivity contribution is 5.82. The summed E-state index contributed by atoms with van der Waals surface area (Å²) in [7, 11) is 0. The maximum absolute atomic E-state index is 12.7. The van der Waals surface area contributed by atoms with Crippen LogP contribution in [0.1, 0.15) is 143 Å². The highest BCUT2D eigenvalue weighted by atomic mass is 16.5. The summed E-state index contributed by atoms with van der Waals surface area (Å²) < 4.78 is 11.1. The van der Waals surface area contributed by atoms with Crippen LogP contribution in [-0.4, -0.2) is 25.2 Å². The van der Waals surface area contributed by atoms with Crippen molar-refractivity contribution in [3.8, 4) is 0 Å². The van der Waals surface area contributed by atoms with E-state index in [2.05, 4.69) is 27.7 Å². The van der Waals surface area contributed by atoms with E-state index in [1.54, 1.807) is 0 Å². The third-order valence-electron chi connectivity index (χ3n) is 7.38. The topological polar surface area (TPSA) is 52.6 Å². The normalized spacial score (nSPS) is 17.6. The van der Waals surface area contributed by atoms with Crippen molar-refractivity contribution in [3.63, 3.8) is 0 Å². The van der Waals surface area contributed by atoms with E-state index in [-0.39, 0.29) is 11.9 Å². The van der Waals surface area contributed by atoms with Crippen molar-refractivity contribution in [2.24, 2.45) is 23.7 Å². The monoisotopic (exact) mass is 506 g/mol. The summed E-state index contributed by atoms with van der Waals surface area (Å²) in [6, 6.07) is 0. The lowest BCUT2D eigenvalue weighted by Gasteiger charge is -2.25. The second-order valence-electron chi connectivity index (χ2n) is 11.8. The second kappa shape index (κ2) is 21.7. The second-order valence-corrected chi connectivity index (χ2v) is 11.8. The first-order chi connectivity index (χ1) is 17.4. The third-order valence-corrected chi connectivity index (χ3v) is 7.38. The zero-order valence-electron chi connectivity index (χ0n) is 24.2. The van der Waals surface area contributed by atoms with Crippen molar-refractivity contribution in [2.75, 3.05) is 13.2 Å². The van der Waals surface area contributed by atoms with E-state index in [0.29, 0.717) is 26.1 Å². The SMILES string of the molecule is CC(C)CCCCCCCCCOC(=O)C1CC=CCC1C(=O)OCCCCCCCCCC(C)C. The van der Waals surface area contributed by atoms with Gasteiger partial charge in [-0.25, -0.2) is 0 Å². The van der Waals surface area contributed by atoms with Crippen LogP contribution >= 0.6 is 0 Å². The molecule has 0 aromatic heterocycles. The molecule has 0 spiro atoms. The van der Waals surface area contributed by atoms with E-state index in [1.807, 2.05) is 12.2 Å². The Hall–Kier alpha value is -1.32. The van der Waals surface area contributed by atoms with Crippen molar-refractivity contribution in [2.45, 2.75) is 143 Å². The van der Waals surface area contributed by atoms with Crippen LogP contribution in [0.4, 0.5) is 0 Å². The molecule has 2 atom stereocenters. The van der Waals surface area contributed by atoms with Gasteiger partial charge in [0.25, 0.3) is 0 Å². The molecule has 0 aromatic rings. The molecule has 1 aliphatic rings. The average molecular weight is 507 g/mol. The average Bonchev–Trinajstić information content (AvgIpc) is 2.85. The summed E-state index contributed by atoms with van der Waals surface area (Å²) in [5, 5.41) is 0. The molecule has 4 nitrogen and oxygen atoms in total. The molecule has 2 unspecified atom stereocenters. The van der Waals surface area contributed by atoms with E-state index in [0.717, 1.165) is 37.5 Å². The van der Waals surface area contributed by atoms with Gasteiger partial charge in [-0.2, -0.15) is 0 Å². The maximum Gasteiger partial charge on any atom is 0.310 e. The molecule has 0 saturated heterocycles. The predicted molar refractivity (Wildman–Crippen MR) is 151 cm³/mol. The first-order valence-electron chi connectivity index (χ1n) is 15.4. The Morgan fingerprint density at radius 2 is 0.861 bits per heavy atom. The van der Waals surface area contributed by atoms with E-state index < -0.39 is 11.8 Å². The number of hydrogen-bond donors (Lipinski definition) is 0. The lowest BCUT2D eigenvalue weighted by molar-refractivity contribution is -0.161. The van der Waals surface area contributed by atoms with E-state index in [1.165, 1.54) is 77.0 Å². The Morgan fingerprint density at radius 1 is 0.556 bits per heavy atom. The number of allylic oxidation sites excluding steroid dienone is 2. The van der Waals surface area contributed by atoms with Crippen LogP contribution in [0.15, 0.2) is 12.2 Å². The first kappa shape index (κ1) is 32.7. The number of ether oxygens (including phenoxy) is 2. The fourth-order valence-electron chi connectivity index (χ4n) is 4.97. The van der Waals surface area contributed by atoms with Gasteiger partial charge in [0.1, 0.15) is 0 Å². The Bertz CT molecular complexity index is 531. The van der Waals surface area contributed by atoms with E-state index in [4.69, 9.17) is 9.47 Å². The molecule has 0 aromatic carbocycles. The Labute approximate surface area is 223 Å². The number of unbranched alkanes of at least 4 members (excludes halogenated alkanes) is 12. The van der Waals surface area contributed by atoms with Crippen molar-refractivity contribution in [3.05, 3.63) is 12.2 Å². The highest BCUT2D eigenvalue weighted by Gasteiger charge is 2.36. The number of hydrogen-bond acceptors (Lipinski definition) is 4. The molecule has 0 fully saturated rings. The summed E-state index contributed by atoms with van der Waals surface area (Å²) >= 11 is 0. The lowest BCUT2D eigenvalue weighted by atomic mass is 9.83. The highest BCUT2D eigenvalue weighted by Crippen LogP contribution is 2.28. The fourth-order valence-corrected chi connectivity index (χ4v) is 4.97. The van der Waals surface area contributed by atoms with Crippen molar-refractivity contribution >= 4 is 11.9 Å². The van der Waals surface area contributed by atoms with Crippen LogP contribution in [0.2, 0.25) is 0 Å². The van der Waals surface area contributed by atoms with E-state index >= 15 is 0 Å². The molecular weight excluding hydrogens is 448 g/mol. The molecule has 0 amide bonds. The Kier molecular flexibility index (Phi) is 19.7. The summed E-state index contributed by atoms with van der Waals surface area (Å²) in [5.41, 5.74) is 0. The van der Waals surface area contributed by atoms with Gasteiger partial charge in [-0.1, -0.05) is 130 Å². The molecule has 0 radical (unpaired) electrons. The van der Waals surface area contributed by atoms with Gasteiger partial charge in [0.2, 0.25) is 0 Å². The van der Waals surface area contributed by atoms with Gasteiger partial charge in [-0.15, -0.1) is 0 Å². The summed E-state index contributed by atoms with van der Waals surface area (Å²) in [6.07, 6.45) is 24.7. The Balaban J connectivity index is 2.11. The van der Waals surface area contributed by atoms with Crippen molar-refractivity contribution in [1.29, 1.82) is 0 Å². The smallest absolute Gasteiger partial charge is 0.310 e. The number of rotatable bonds is 22. The first-order valence-corrected chi connectivity index (χ1v) is 15.4. The van der Waals surface area contributed by atoms with Crippen LogP contribution in [-0.2, 0) is 19.1 Å². The summed E-state index contributed by atoms with van der Waals surface area (Å²) in [5.74, 6) is 0.373. The molecule has 0 aliphatic heterocycles. The zero-order chi connectivity index (χ0) is 26.4. The van der Waals surface area contributed by atoms with Gasteiger partial charge in [0.05, 0.1) is 25.0 Å². The van der Waals surface area contributed by atoms with Gasteiger partial charge < -0.3 is 9.47 Å². The maximum atomic E-state index is 12.7. The number of esters is 2. The minimum Gasteiger partial charge on any atom is -0.465 e. The van der Waals surface area contributed by atoms with Crippen LogP contribution in [0.5, 0.6) is 0 Å². The number of carbonyl (C=O) groups excluding carboxylic acids is 2. The number of carbonyl (C=O) groups is 2. The van der Waals surface area contributed by atoms with Gasteiger partial charge in [0.15, 0.2) is 0 Å². The Morgan fingerprint density at radius 3 is 1.19 bits per heavy atom. The molecular formula is C32H58O4. The summed E-state index contributed by atoms with van der Waals surface area (Å²) in [6.45, 7) is 10.1. The molecule has 0 heterocycles. The molecule has 1 aliphatic carbocycles. The molecule has 36 heavy (non-hydrogen) atoms. The lowest BCUT2D eigenvalue weighted by Crippen LogP contribution is -2.34. The van der Waals surface area contributed by atoms with Crippen LogP contribution in [0, 0.1) is 23.7 Å². The molecule has 4 heteroatoms. The standard InChI is InChI=1S/C32H58O4/c1-27(2)21-15-11-7-5-9-13-19-25-35-31(33)29-23-17-18-24-30(29)32(34)36-26-20-14-10-6-8-12-16-22-28(3)4/h17-18,27-30H,5-16,19-26H2,1-4H3. The predicted octanol–water partition coefficient (Wildman–Crippen LogP) is 9.21. The van der Waals surface area contributed by atoms with Gasteiger partial charge in [-0.3, -0.25) is 9.59 Å². The van der Waals surface area contributed by atoms with Crippen molar-refractivity contribution in [1.82, 2.24) is 0 Å². The molecule has 0 saturated carbocycles. The van der Waals surface area contributed by atoms with Crippen LogP contribution in [0.25, 0.3) is 0 Å². The van der Waals surface area contributed by atoms with Gasteiger partial charge >= 0.3 is 11.9 Å². The minimum atomic E-state index is -0.394. The van der Waals surface area contributed by atoms with Crippen LogP contribution in [0.3, 0.4) is 0 Å². The molecule has 1 rings (SSSR count). The summed E-state index contributed by atoms with van der Waals surface area (Å²) in [4.78, 5) is 25.3. The third kappa shape index (κ3) is 17.2. The minimum absolute atomic E-state index is 0.229. The van der Waals surface area contributed by atoms with Gasteiger partial charge in [0, 0.05) is 0 Å². The molecule has 210 valence electrons. The quantitative estimate of drug-likeness (QED) is 0.0834.